The van der Waals surface area contributed by atoms with Gasteiger partial charge >= 0.3 is 6.03 Å². The van der Waals surface area contributed by atoms with Crippen LogP contribution in [0.5, 0.6) is 0 Å². The number of aromatic amines is 1. The number of para-hydroxylation sites is 1. The summed E-state index contributed by atoms with van der Waals surface area (Å²) in [5, 5.41) is 7.01. The summed E-state index contributed by atoms with van der Waals surface area (Å²) in [7, 11) is 0. The quantitative estimate of drug-likeness (QED) is 0.510. The molecule has 1 spiro atoms. The lowest BCUT2D eigenvalue weighted by atomic mass is 9.87. The van der Waals surface area contributed by atoms with Crippen LogP contribution in [0.25, 0.3) is 10.9 Å². The predicted octanol–water partition coefficient (Wildman–Crippen LogP) is 3.28. The van der Waals surface area contributed by atoms with Crippen LogP contribution in [0.1, 0.15) is 67.1 Å². The first-order valence-electron chi connectivity index (χ1n) is 11.5. The van der Waals surface area contributed by atoms with E-state index in [2.05, 4.69) is 28.6 Å². The molecule has 0 radical (unpaired) electrons. The van der Waals surface area contributed by atoms with Gasteiger partial charge in [-0.25, -0.2) is 4.79 Å². The number of hydrogen-bond acceptors (Lipinski definition) is 3. The van der Waals surface area contributed by atoms with Crippen LogP contribution in [0.2, 0.25) is 0 Å². The number of urea groups is 1. The first-order chi connectivity index (χ1) is 15.0. The van der Waals surface area contributed by atoms with E-state index in [-0.39, 0.29) is 17.8 Å². The monoisotopic (exact) mass is 422 g/mol. The second kappa shape index (κ2) is 7.70. The summed E-state index contributed by atoms with van der Waals surface area (Å²) in [5.74, 6) is 0.442. The predicted molar refractivity (Wildman–Crippen MR) is 118 cm³/mol. The van der Waals surface area contributed by atoms with Gasteiger partial charge in [0.2, 0.25) is 0 Å². The Morgan fingerprint density at radius 1 is 1.26 bits per heavy atom. The normalized spacial score (nSPS) is 22.2. The Morgan fingerprint density at radius 2 is 2.06 bits per heavy atom. The van der Waals surface area contributed by atoms with Gasteiger partial charge in [0, 0.05) is 24.2 Å². The summed E-state index contributed by atoms with van der Waals surface area (Å²) in [5.41, 5.74) is 3.51. The molecular weight excluding hydrogens is 392 g/mol. The number of rotatable bonds is 5. The molecule has 2 heterocycles. The van der Waals surface area contributed by atoms with Crippen LogP contribution in [-0.2, 0) is 17.6 Å². The van der Waals surface area contributed by atoms with Gasteiger partial charge in [0.05, 0.1) is 11.1 Å². The van der Waals surface area contributed by atoms with Crippen molar-refractivity contribution in [1.29, 1.82) is 0 Å². The third-order valence-electron chi connectivity index (χ3n) is 7.26. The van der Waals surface area contributed by atoms with E-state index in [1.165, 1.54) is 22.6 Å². The highest BCUT2D eigenvalue weighted by Crippen LogP contribution is 2.35. The van der Waals surface area contributed by atoms with Crippen molar-refractivity contribution in [3.05, 3.63) is 35.0 Å². The first-order valence-corrected chi connectivity index (χ1v) is 11.5. The number of aromatic nitrogens is 1. The molecule has 31 heavy (non-hydrogen) atoms. The zero-order valence-corrected chi connectivity index (χ0v) is 18.1. The molecule has 2 aliphatic carbocycles. The first kappa shape index (κ1) is 20.1. The molecule has 1 aromatic carbocycles. The fraction of sp³-hybridized carbons (Fsp3) is 0.542. The smallest absolute Gasteiger partial charge is 0.325 e. The number of benzene rings is 1. The number of carbonyl (C=O) groups excluding carboxylic acids is 3. The van der Waals surface area contributed by atoms with Gasteiger partial charge in [-0.15, -0.1) is 0 Å². The van der Waals surface area contributed by atoms with Crippen molar-refractivity contribution in [1.82, 2.24) is 20.5 Å². The maximum Gasteiger partial charge on any atom is 0.325 e. The molecule has 7 nitrogen and oxygen atoms in total. The molecule has 4 amide bonds. The minimum Gasteiger partial charge on any atom is -0.358 e. The highest BCUT2D eigenvalue weighted by atomic mass is 16.2. The summed E-state index contributed by atoms with van der Waals surface area (Å²) < 4.78 is 0. The van der Waals surface area contributed by atoms with E-state index in [0.717, 1.165) is 49.4 Å². The Hall–Kier alpha value is -2.83. The van der Waals surface area contributed by atoms with Crippen molar-refractivity contribution in [2.45, 2.75) is 63.8 Å². The molecule has 7 heteroatoms. The number of nitrogens with one attached hydrogen (secondary N) is 3. The molecule has 5 rings (SSSR count). The summed E-state index contributed by atoms with van der Waals surface area (Å²) in [6.45, 7) is 3.01. The molecule has 164 valence electrons. The van der Waals surface area contributed by atoms with Crippen molar-refractivity contribution in [2.75, 3.05) is 13.1 Å². The van der Waals surface area contributed by atoms with Crippen LogP contribution < -0.4 is 10.6 Å². The lowest BCUT2D eigenvalue weighted by Crippen LogP contribution is -2.44. The van der Waals surface area contributed by atoms with Gasteiger partial charge in [-0.3, -0.25) is 14.5 Å². The topological polar surface area (TPSA) is 94.3 Å². The molecule has 2 fully saturated rings. The van der Waals surface area contributed by atoms with Gasteiger partial charge in [0.15, 0.2) is 0 Å². The second-order valence-corrected chi connectivity index (χ2v) is 9.44. The fourth-order valence-corrected chi connectivity index (χ4v) is 5.54. The van der Waals surface area contributed by atoms with Crippen LogP contribution in [0.15, 0.2) is 18.2 Å². The van der Waals surface area contributed by atoms with Crippen LogP contribution in [0, 0.1) is 5.92 Å². The molecule has 1 aromatic heterocycles. The average molecular weight is 423 g/mol. The van der Waals surface area contributed by atoms with E-state index in [9.17, 15) is 14.4 Å². The largest absolute Gasteiger partial charge is 0.358 e. The lowest BCUT2D eigenvalue weighted by molar-refractivity contribution is -0.131. The van der Waals surface area contributed by atoms with Gasteiger partial charge < -0.3 is 15.6 Å². The van der Waals surface area contributed by atoms with E-state index in [0.29, 0.717) is 31.0 Å². The summed E-state index contributed by atoms with van der Waals surface area (Å²) in [6, 6.07) is 5.59. The molecule has 1 saturated carbocycles. The standard InChI is InChI=1S/C24H30N4O3/c1-15-8-9-19-18(14-15)16-6-4-7-17(20(16)26-19)21(29)25-12-5-13-28-22(30)24(27-23(28)31)10-2-3-11-24/h4,6-7,15,26H,2-3,5,8-14H2,1H3,(H,25,29)(H,27,31)/t15-/m0/s1. The Labute approximate surface area is 181 Å². The molecule has 1 atom stereocenters. The number of carbonyl (C=O) groups is 3. The molecule has 0 bridgehead atoms. The number of fused-ring (bicyclic) bond motifs is 3. The van der Waals surface area contributed by atoms with Crippen LogP contribution in [0.3, 0.4) is 0 Å². The van der Waals surface area contributed by atoms with E-state index in [4.69, 9.17) is 0 Å². The number of imide groups is 1. The Morgan fingerprint density at radius 3 is 2.87 bits per heavy atom. The fourth-order valence-electron chi connectivity index (χ4n) is 5.54. The number of aryl methyl sites for hydroxylation is 1. The maximum absolute atomic E-state index is 12.9. The molecular formula is C24H30N4O3. The zero-order valence-electron chi connectivity index (χ0n) is 18.1. The number of amides is 4. The lowest BCUT2D eigenvalue weighted by Gasteiger charge is -2.20. The van der Waals surface area contributed by atoms with Gasteiger partial charge in [0.1, 0.15) is 5.54 Å². The maximum atomic E-state index is 12.9. The van der Waals surface area contributed by atoms with Crippen LogP contribution in [-0.4, -0.2) is 46.4 Å². The highest BCUT2D eigenvalue weighted by Gasteiger charge is 2.51. The second-order valence-electron chi connectivity index (χ2n) is 9.44. The van der Waals surface area contributed by atoms with Crippen molar-refractivity contribution >= 4 is 28.7 Å². The minimum atomic E-state index is -0.666. The van der Waals surface area contributed by atoms with E-state index >= 15 is 0 Å². The number of H-pyrrole nitrogens is 1. The number of nitrogens with zero attached hydrogens (tertiary/aromatic N) is 1. The van der Waals surface area contributed by atoms with Crippen molar-refractivity contribution < 1.29 is 14.4 Å². The van der Waals surface area contributed by atoms with Crippen molar-refractivity contribution in [3.8, 4) is 0 Å². The number of hydrogen-bond donors (Lipinski definition) is 3. The van der Waals surface area contributed by atoms with Crippen molar-refractivity contribution in [2.24, 2.45) is 5.92 Å². The highest BCUT2D eigenvalue weighted by molar-refractivity contribution is 6.07. The van der Waals surface area contributed by atoms with Gasteiger partial charge in [-0.2, -0.15) is 0 Å². The van der Waals surface area contributed by atoms with Crippen LogP contribution in [0.4, 0.5) is 4.79 Å². The Balaban J connectivity index is 1.21. The van der Waals surface area contributed by atoms with E-state index in [1.54, 1.807) is 0 Å². The minimum absolute atomic E-state index is 0.0997. The zero-order chi connectivity index (χ0) is 21.6. The Kier molecular flexibility index (Phi) is 4.99. The Bertz CT molecular complexity index is 1050. The summed E-state index contributed by atoms with van der Waals surface area (Å²) in [4.78, 5) is 42.7. The van der Waals surface area contributed by atoms with Crippen molar-refractivity contribution in [3.63, 3.8) is 0 Å². The van der Waals surface area contributed by atoms with Gasteiger partial charge in [0.25, 0.3) is 11.8 Å². The van der Waals surface area contributed by atoms with E-state index < -0.39 is 5.54 Å². The van der Waals surface area contributed by atoms with Gasteiger partial charge in [-0.05, 0) is 56.1 Å². The molecule has 0 unspecified atom stereocenters. The third-order valence-corrected chi connectivity index (χ3v) is 7.26. The van der Waals surface area contributed by atoms with Gasteiger partial charge in [-0.1, -0.05) is 31.9 Å². The molecule has 1 saturated heterocycles. The summed E-state index contributed by atoms with van der Waals surface area (Å²) >= 11 is 0. The molecule has 1 aliphatic heterocycles. The SMILES string of the molecule is C[C@H]1CCc2[nH]c3c(C(=O)NCCCN4C(=O)NC5(CCCC5)C4=O)cccc3c2C1. The molecule has 3 aliphatic rings. The van der Waals surface area contributed by atoms with E-state index in [1.807, 2.05) is 12.1 Å². The molecule has 3 N–H and O–H groups in total. The average Bonchev–Trinajstić information content (AvgIpc) is 3.43. The third kappa shape index (κ3) is 3.40. The molecule has 2 aromatic rings. The summed E-state index contributed by atoms with van der Waals surface area (Å²) in [6.07, 6.45) is 7.20. The van der Waals surface area contributed by atoms with Crippen LogP contribution >= 0.6 is 0 Å².